The number of nitrogens with one attached hydrogen (secondary N) is 1. The molecule has 0 radical (unpaired) electrons. The molecule has 4 aromatic rings. The van der Waals surface area contributed by atoms with Gasteiger partial charge in [-0.25, -0.2) is 9.37 Å². The highest BCUT2D eigenvalue weighted by Gasteiger charge is 2.67. The topological polar surface area (TPSA) is 74.0 Å². The first-order valence-corrected chi connectivity index (χ1v) is 17.6. The minimum Gasteiger partial charge on any atom is -0.337 e. The first-order chi connectivity index (χ1) is 22.4. The van der Waals surface area contributed by atoms with E-state index in [0.29, 0.717) is 69.7 Å². The van der Waals surface area contributed by atoms with Crippen LogP contribution >= 0.6 is 23.2 Å². The zero-order valence-electron chi connectivity index (χ0n) is 25.6. The maximum Gasteiger partial charge on any atom is 0.226 e. The number of aromatic nitrogens is 2. The molecule has 6 nitrogen and oxygen atoms in total. The molecule has 4 saturated carbocycles. The number of carbonyl (C=O) groups excluding carboxylic acids is 1. The van der Waals surface area contributed by atoms with Crippen molar-refractivity contribution in [3.63, 3.8) is 0 Å². The summed E-state index contributed by atoms with van der Waals surface area (Å²) in [5, 5.41) is 15.7. The molecule has 5 heterocycles. The summed E-state index contributed by atoms with van der Waals surface area (Å²) in [6, 6.07) is 12.9. The maximum absolute atomic E-state index is 17.1. The molecule has 1 N–H and O–H groups in total. The van der Waals surface area contributed by atoms with Crippen LogP contribution in [0.2, 0.25) is 10.0 Å². The number of nitrogens with zero attached hydrogens (tertiary/aromatic N) is 4. The van der Waals surface area contributed by atoms with Gasteiger partial charge in [0.15, 0.2) is 5.82 Å². The predicted octanol–water partition coefficient (Wildman–Crippen LogP) is 7.92. The van der Waals surface area contributed by atoms with Crippen LogP contribution in [0.3, 0.4) is 0 Å². The summed E-state index contributed by atoms with van der Waals surface area (Å²) < 4.78 is 19.6. The second-order valence-electron chi connectivity index (χ2n) is 14.8. The quantitative estimate of drug-likeness (QED) is 0.229. The van der Waals surface area contributed by atoms with Crippen LogP contribution in [0, 0.1) is 53.7 Å². The number of hydrogen-bond acceptors (Lipinski definition) is 4. The van der Waals surface area contributed by atoms with Crippen LogP contribution in [-0.4, -0.2) is 39.0 Å². The lowest BCUT2D eigenvalue weighted by Gasteiger charge is -2.41. The lowest BCUT2D eigenvalue weighted by molar-refractivity contribution is -0.137. The summed E-state index contributed by atoms with van der Waals surface area (Å²) in [7, 11) is 0. The summed E-state index contributed by atoms with van der Waals surface area (Å²) in [6.07, 6.45) is 6.10. The van der Waals surface area contributed by atoms with Crippen molar-refractivity contribution < 1.29 is 9.18 Å². The van der Waals surface area contributed by atoms with Crippen LogP contribution in [0.4, 0.5) is 4.39 Å². The van der Waals surface area contributed by atoms with Gasteiger partial charge in [-0.3, -0.25) is 4.79 Å². The fourth-order valence-electron chi connectivity index (χ4n) is 10.2. The van der Waals surface area contributed by atoms with E-state index in [2.05, 4.69) is 33.0 Å². The third kappa shape index (κ3) is 3.67. The van der Waals surface area contributed by atoms with E-state index in [1.807, 2.05) is 6.92 Å². The van der Waals surface area contributed by atoms with Gasteiger partial charge in [0.25, 0.3) is 0 Å². The number of benzene rings is 2. The molecule has 7 aliphatic rings. The zero-order valence-corrected chi connectivity index (χ0v) is 27.1. The minimum absolute atomic E-state index is 0.0520. The minimum atomic E-state index is -0.435. The van der Waals surface area contributed by atoms with E-state index in [1.165, 1.54) is 12.1 Å². The van der Waals surface area contributed by atoms with Crippen molar-refractivity contribution in [3.8, 4) is 17.2 Å². The highest BCUT2D eigenvalue weighted by Crippen LogP contribution is 2.68. The van der Waals surface area contributed by atoms with E-state index in [9.17, 15) is 10.1 Å². The standard InChI is InChI=1S/C37H34Cl2FN5O/c1-16-21-13-29(36-24-14-28(23-12-22(23)24)45(36)37(46)17-7-8-17)44(34-19-11-27(34)42-15-19)35(21)25-10-18(4-3-9-41)30(32(40)33(25)43-16)20-5-2-6-26(38)31(20)39/h2,5-6,10,13,17,19,22-24,27-28,34,36,42H,3-4,7-8,11-12,14-15H2,1H3/t19-,22+,23-,24+,27-,28-,34+,36-/m1/s1. The van der Waals surface area contributed by atoms with Gasteiger partial charge in [-0.15, -0.1) is 0 Å². The molecule has 0 unspecified atom stereocenters. The lowest BCUT2D eigenvalue weighted by atomic mass is 9.79. The molecule has 9 heteroatoms. The van der Waals surface area contributed by atoms with Crippen LogP contribution in [0.1, 0.15) is 67.6 Å². The second kappa shape index (κ2) is 9.69. The SMILES string of the molecule is Cc1nc2c(F)c(-c3cccc(Cl)c3Cl)c(CCC#N)cc2c2c1cc([C@H]1[C@H]3C[C@H]([C@@H]4C[C@@H]43)N1C(=O)C1CC1)n2[C@H]1[C@H]2CN[C@@H]1C2. The number of aryl methyl sites for hydroxylation is 2. The Kier molecular flexibility index (Phi) is 5.87. The third-order valence-electron chi connectivity index (χ3n) is 12.4. The molecule has 4 aliphatic carbocycles. The molecular weight excluding hydrogens is 620 g/mol. The van der Waals surface area contributed by atoms with Crippen molar-refractivity contribution in [3.05, 3.63) is 63.1 Å². The summed E-state index contributed by atoms with van der Waals surface area (Å²) in [5.41, 5.74) is 4.90. The van der Waals surface area contributed by atoms with Crippen molar-refractivity contribution in [2.45, 2.75) is 76.0 Å². The van der Waals surface area contributed by atoms with Gasteiger partial charge >= 0.3 is 0 Å². The van der Waals surface area contributed by atoms with Gasteiger partial charge < -0.3 is 14.8 Å². The monoisotopic (exact) mass is 653 g/mol. The van der Waals surface area contributed by atoms with Crippen molar-refractivity contribution >= 4 is 50.9 Å². The lowest BCUT2D eigenvalue weighted by Crippen LogP contribution is -2.45. The van der Waals surface area contributed by atoms with Crippen LogP contribution in [-0.2, 0) is 11.2 Å². The van der Waals surface area contributed by atoms with E-state index in [-0.39, 0.29) is 29.4 Å². The van der Waals surface area contributed by atoms with E-state index in [1.54, 1.807) is 18.2 Å². The van der Waals surface area contributed by atoms with Gasteiger partial charge in [0, 0.05) is 64.3 Å². The summed E-state index contributed by atoms with van der Waals surface area (Å²) >= 11 is 13.1. The molecule has 4 bridgehead atoms. The Balaban J connectivity index is 1.25. The molecule has 2 aromatic carbocycles. The molecule has 46 heavy (non-hydrogen) atoms. The van der Waals surface area contributed by atoms with Gasteiger partial charge in [-0.05, 0) is 92.9 Å². The Morgan fingerprint density at radius 3 is 2.72 bits per heavy atom. The van der Waals surface area contributed by atoms with Gasteiger partial charge in [-0.2, -0.15) is 5.26 Å². The third-order valence-corrected chi connectivity index (χ3v) is 13.2. The number of fused-ring (bicyclic) bond motifs is 9. The first kappa shape index (κ1) is 27.9. The number of rotatable bonds is 6. The maximum atomic E-state index is 17.1. The Bertz CT molecular complexity index is 2050. The van der Waals surface area contributed by atoms with Gasteiger partial charge in [0.2, 0.25) is 5.91 Å². The molecule has 1 amide bonds. The number of halogens is 3. The smallest absolute Gasteiger partial charge is 0.226 e. The van der Waals surface area contributed by atoms with Crippen LogP contribution in [0.25, 0.3) is 32.9 Å². The normalized spacial score (nSPS) is 31.8. The number of hydrogen-bond donors (Lipinski definition) is 1. The zero-order chi connectivity index (χ0) is 31.2. The molecule has 3 aliphatic heterocycles. The molecule has 11 rings (SSSR count). The summed E-state index contributed by atoms with van der Waals surface area (Å²) in [6.45, 7) is 2.95. The Labute approximate surface area is 276 Å². The number of carbonyl (C=O) groups is 1. The molecule has 8 atom stereocenters. The number of likely N-dealkylation sites (tertiary alicyclic amines) is 1. The molecule has 7 fully saturated rings. The molecule has 234 valence electrons. The molecule has 3 saturated heterocycles. The fraction of sp³-hybridized carbons (Fsp3) is 0.486. The number of nitriles is 1. The van der Waals surface area contributed by atoms with Crippen LogP contribution < -0.4 is 5.32 Å². The number of piperidine rings is 1. The Hall–Kier alpha value is -3.18. The average molecular weight is 655 g/mol. The highest BCUT2D eigenvalue weighted by atomic mass is 35.5. The highest BCUT2D eigenvalue weighted by molar-refractivity contribution is 6.43. The second-order valence-corrected chi connectivity index (χ2v) is 15.6. The van der Waals surface area contributed by atoms with Crippen molar-refractivity contribution in [2.24, 2.45) is 29.6 Å². The predicted molar refractivity (Wildman–Crippen MR) is 176 cm³/mol. The van der Waals surface area contributed by atoms with Gasteiger partial charge in [0.05, 0.1) is 33.7 Å². The molecular formula is C37H34Cl2FN5O. The summed E-state index contributed by atoms with van der Waals surface area (Å²) in [5.74, 6) is 2.44. The Morgan fingerprint density at radius 2 is 1.98 bits per heavy atom. The Morgan fingerprint density at radius 1 is 1.13 bits per heavy atom. The van der Waals surface area contributed by atoms with Crippen molar-refractivity contribution in [1.29, 1.82) is 5.26 Å². The number of amides is 1. The van der Waals surface area contributed by atoms with E-state index >= 15 is 4.39 Å². The van der Waals surface area contributed by atoms with E-state index < -0.39 is 5.82 Å². The first-order valence-electron chi connectivity index (χ1n) is 16.9. The van der Waals surface area contributed by atoms with E-state index in [0.717, 1.165) is 59.8 Å². The molecule has 2 aromatic heterocycles. The van der Waals surface area contributed by atoms with Crippen LogP contribution in [0.5, 0.6) is 0 Å². The largest absolute Gasteiger partial charge is 0.337 e. The van der Waals surface area contributed by atoms with Gasteiger partial charge in [-0.1, -0.05) is 35.3 Å². The van der Waals surface area contributed by atoms with Crippen LogP contribution in [0.15, 0.2) is 30.3 Å². The van der Waals surface area contributed by atoms with Crippen molar-refractivity contribution in [1.82, 2.24) is 19.8 Å². The van der Waals surface area contributed by atoms with Gasteiger partial charge in [0.1, 0.15) is 5.52 Å². The molecule has 0 spiro atoms. The average Bonchev–Trinajstić information content (AvgIpc) is 3.79. The van der Waals surface area contributed by atoms with Crippen molar-refractivity contribution in [2.75, 3.05) is 6.54 Å². The van der Waals surface area contributed by atoms with E-state index in [4.69, 9.17) is 28.2 Å². The fourth-order valence-corrected chi connectivity index (χ4v) is 10.6. The number of pyridine rings is 1. The summed E-state index contributed by atoms with van der Waals surface area (Å²) in [4.78, 5) is 21.2.